The Labute approximate surface area is 102 Å². The molecule has 0 bridgehead atoms. The van der Waals surface area contributed by atoms with Crippen LogP contribution in [0.3, 0.4) is 0 Å². The minimum atomic E-state index is -0.657. The van der Waals surface area contributed by atoms with Crippen LogP contribution < -0.4 is 0 Å². The molecule has 0 rings (SSSR count). The zero-order valence-corrected chi connectivity index (χ0v) is 10.4. The Hall–Kier alpha value is -1.76. The summed E-state index contributed by atoms with van der Waals surface area (Å²) in [5.41, 5.74) is 0. The Kier molecular flexibility index (Phi) is 7.53. The maximum absolute atomic E-state index is 11.2. The summed E-state index contributed by atoms with van der Waals surface area (Å²) in [7, 11) is 0. The highest BCUT2D eigenvalue weighted by atomic mass is 16.5. The van der Waals surface area contributed by atoms with Crippen molar-refractivity contribution in [1.82, 2.24) is 0 Å². The van der Waals surface area contributed by atoms with Crippen molar-refractivity contribution in [2.45, 2.75) is 45.8 Å². The van der Waals surface area contributed by atoms with E-state index in [1.165, 1.54) is 0 Å². The Morgan fingerprint density at radius 3 is 2.24 bits per heavy atom. The van der Waals surface area contributed by atoms with Gasteiger partial charge < -0.3 is 9.47 Å². The average molecular weight is 238 g/mol. The molecule has 2 unspecified atom stereocenters. The van der Waals surface area contributed by atoms with Gasteiger partial charge in [0, 0.05) is 12.2 Å². The van der Waals surface area contributed by atoms with Gasteiger partial charge in [0.25, 0.3) is 0 Å². The molecule has 0 aliphatic heterocycles. The van der Waals surface area contributed by atoms with Gasteiger partial charge in [-0.15, -0.1) is 6.42 Å². The Bertz CT molecular complexity index is 325. The minimum Gasteiger partial charge on any atom is -0.460 e. The Morgan fingerprint density at radius 2 is 1.76 bits per heavy atom. The standard InChI is InChI=1S/C13H18O4/c1-5-7-11(4)17-13(15)9-8-12(14)16-10(3)6-2/h2,8-11H,5,7H2,1,3-4H3/b9-8+. The molecule has 0 aromatic heterocycles. The van der Waals surface area contributed by atoms with Crippen LogP contribution in [-0.4, -0.2) is 24.1 Å². The van der Waals surface area contributed by atoms with E-state index in [0.717, 1.165) is 25.0 Å². The fraction of sp³-hybridized carbons (Fsp3) is 0.538. The molecule has 0 aromatic rings. The highest BCUT2D eigenvalue weighted by Gasteiger charge is 2.07. The molecule has 0 fully saturated rings. The molecular formula is C13H18O4. The summed E-state index contributed by atoms with van der Waals surface area (Å²) in [4.78, 5) is 22.3. The SMILES string of the molecule is C#CC(C)OC(=O)/C=C/C(=O)OC(C)CCC. The van der Waals surface area contributed by atoms with Crippen LogP contribution in [0.1, 0.15) is 33.6 Å². The molecule has 2 atom stereocenters. The van der Waals surface area contributed by atoms with E-state index in [4.69, 9.17) is 15.9 Å². The first-order chi connectivity index (χ1) is 7.99. The van der Waals surface area contributed by atoms with Crippen LogP contribution >= 0.6 is 0 Å². The van der Waals surface area contributed by atoms with E-state index in [2.05, 4.69) is 5.92 Å². The number of carbonyl (C=O) groups excluding carboxylic acids is 2. The molecule has 0 saturated heterocycles. The molecule has 17 heavy (non-hydrogen) atoms. The molecule has 4 nitrogen and oxygen atoms in total. The number of hydrogen-bond donors (Lipinski definition) is 0. The van der Waals surface area contributed by atoms with Gasteiger partial charge in [-0.25, -0.2) is 9.59 Å². The summed E-state index contributed by atoms with van der Waals surface area (Å²) in [5.74, 6) is 1.02. The third-order valence-corrected chi connectivity index (χ3v) is 1.90. The number of terminal acetylenes is 1. The van der Waals surface area contributed by atoms with Crippen LogP contribution in [0.4, 0.5) is 0 Å². The van der Waals surface area contributed by atoms with Crippen molar-refractivity contribution in [2.24, 2.45) is 0 Å². The summed E-state index contributed by atoms with van der Waals surface area (Å²) in [6.45, 7) is 5.36. The molecule has 0 spiro atoms. The predicted octanol–water partition coefficient (Wildman–Crippen LogP) is 1.84. The van der Waals surface area contributed by atoms with Crippen molar-refractivity contribution in [3.63, 3.8) is 0 Å². The lowest BCUT2D eigenvalue weighted by atomic mass is 10.2. The van der Waals surface area contributed by atoms with Crippen LogP contribution in [0.15, 0.2) is 12.2 Å². The lowest BCUT2D eigenvalue weighted by Gasteiger charge is -2.09. The third-order valence-electron chi connectivity index (χ3n) is 1.90. The number of esters is 2. The second kappa shape index (κ2) is 8.40. The fourth-order valence-corrected chi connectivity index (χ4v) is 1.09. The summed E-state index contributed by atoms with van der Waals surface area (Å²) in [6, 6.07) is 0. The number of hydrogen-bond acceptors (Lipinski definition) is 4. The topological polar surface area (TPSA) is 52.6 Å². The van der Waals surface area contributed by atoms with E-state index in [0.29, 0.717) is 0 Å². The summed E-state index contributed by atoms with van der Waals surface area (Å²) in [5, 5.41) is 0. The monoisotopic (exact) mass is 238 g/mol. The largest absolute Gasteiger partial charge is 0.460 e. The second-order valence-corrected chi connectivity index (χ2v) is 3.62. The summed E-state index contributed by atoms with van der Waals surface area (Å²) in [6.07, 6.45) is 8.04. The van der Waals surface area contributed by atoms with E-state index in [1.807, 2.05) is 6.92 Å². The normalized spacial score (nSPS) is 13.8. The number of ether oxygens (including phenoxy) is 2. The summed E-state index contributed by atoms with van der Waals surface area (Å²) >= 11 is 0. The van der Waals surface area contributed by atoms with Crippen LogP contribution in [0.5, 0.6) is 0 Å². The third kappa shape index (κ3) is 8.09. The molecule has 0 aliphatic rings. The minimum absolute atomic E-state index is 0.155. The number of carbonyl (C=O) groups is 2. The van der Waals surface area contributed by atoms with Gasteiger partial charge in [-0.3, -0.25) is 0 Å². The highest BCUT2D eigenvalue weighted by Crippen LogP contribution is 2.01. The maximum Gasteiger partial charge on any atom is 0.332 e. The van der Waals surface area contributed by atoms with Crippen molar-refractivity contribution in [3.05, 3.63) is 12.2 Å². The second-order valence-electron chi connectivity index (χ2n) is 3.62. The van der Waals surface area contributed by atoms with Gasteiger partial charge in [-0.05, 0) is 20.3 Å². The molecule has 0 aliphatic carbocycles. The average Bonchev–Trinajstić information content (AvgIpc) is 2.26. The van der Waals surface area contributed by atoms with Crippen LogP contribution in [-0.2, 0) is 19.1 Å². The van der Waals surface area contributed by atoms with Gasteiger partial charge in [0.2, 0.25) is 0 Å². The van der Waals surface area contributed by atoms with Crippen molar-refractivity contribution >= 4 is 11.9 Å². The van der Waals surface area contributed by atoms with Gasteiger partial charge >= 0.3 is 11.9 Å². The van der Waals surface area contributed by atoms with Gasteiger partial charge in [0.1, 0.15) is 0 Å². The molecule has 4 heteroatoms. The van der Waals surface area contributed by atoms with E-state index >= 15 is 0 Å². The van der Waals surface area contributed by atoms with E-state index in [-0.39, 0.29) is 6.10 Å². The van der Waals surface area contributed by atoms with Crippen molar-refractivity contribution < 1.29 is 19.1 Å². The molecule has 0 amide bonds. The summed E-state index contributed by atoms with van der Waals surface area (Å²) < 4.78 is 9.73. The van der Waals surface area contributed by atoms with Crippen molar-refractivity contribution in [3.8, 4) is 12.3 Å². The van der Waals surface area contributed by atoms with Crippen LogP contribution in [0.2, 0.25) is 0 Å². The van der Waals surface area contributed by atoms with E-state index in [9.17, 15) is 9.59 Å². The van der Waals surface area contributed by atoms with Crippen LogP contribution in [0.25, 0.3) is 0 Å². The molecule has 0 N–H and O–H groups in total. The lowest BCUT2D eigenvalue weighted by Crippen LogP contribution is -2.14. The predicted molar refractivity (Wildman–Crippen MR) is 64.0 cm³/mol. The number of rotatable bonds is 6. The first kappa shape index (κ1) is 15.2. The Morgan fingerprint density at radius 1 is 1.24 bits per heavy atom. The zero-order chi connectivity index (χ0) is 13.3. The van der Waals surface area contributed by atoms with Gasteiger partial charge in [0.05, 0.1) is 6.10 Å². The molecule has 0 heterocycles. The zero-order valence-electron chi connectivity index (χ0n) is 10.4. The van der Waals surface area contributed by atoms with Gasteiger partial charge in [-0.1, -0.05) is 19.3 Å². The van der Waals surface area contributed by atoms with Crippen molar-refractivity contribution in [2.75, 3.05) is 0 Å². The maximum atomic E-state index is 11.2. The molecule has 0 saturated carbocycles. The highest BCUT2D eigenvalue weighted by molar-refractivity contribution is 5.91. The molecular weight excluding hydrogens is 220 g/mol. The molecule has 0 aromatic carbocycles. The Balaban J connectivity index is 4.03. The first-order valence-corrected chi connectivity index (χ1v) is 5.55. The van der Waals surface area contributed by atoms with Crippen LogP contribution in [0, 0.1) is 12.3 Å². The van der Waals surface area contributed by atoms with E-state index in [1.54, 1.807) is 13.8 Å². The van der Waals surface area contributed by atoms with Gasteiger partial charge in [0.15, 0.2) is 6.10 Å². The molecule has 0 radical (unpaired) electrons. The quantitative estimate of drug-likeness (QED) is 0.402. The molecule has 94 valence electrons. The smallest absolute Gasteiger partial charge is 0.332 e. The van der Waals surface area contributed by atoms with E-state index < -0.39 is 18.0 Å². The van der Waals surface area contributed by atoms with Gasteiger partial charge in [-0.2, -0.15) is 0 Å². The fourth-order valence-electron chi connectivity index (χ4n) is 1.09. The lowest BCUT2D eigenvalue weighted by molar-refractivity contribution is -0.144. The van der Waals surface area contributed by atoms with Crippen molar-refractivity contribution in [1.29, 1.82) is 0 Å². The first-order valence-electron chi connectivity index (χ1n) is 5.55.